The molecule has 20 heavy (non-hydrogen) atoms. The number of hydrogen-bond donors (Lipinski definition) is 3. The van der Waals surface area contributed by atoms with Crippen molar-refractivity contribution >= 4 is 21.6 Å². The molecule has 0 spiro atoms. The predicted molar refractivity (Wildman–Crippen MR) is 69.1 cm³/mol. The summed E-state index contributed by atoms with van der Waals surface area (Å²) in [6.45, 7) is 1.64. The number of primary sulfonamides is 1. The lowest BCUT2D eigenvalue weighted by Gasteiger charge is -2.07. The minimum Gasteiger partial charge on any atom is -0.319 e. The zero-order valence-electron chi connectivity index (χ0n) is 10.3. The Morgan fingerprint density at radius 1 is 1.45 bits per heavy atom. The van der Waals surface area contributed by atoms with Crippen molar-refractivity contribution in [2.45, 2.75) is 11.8 Å². The molecule has 0 fully saturated rings. The van der Waals surface area contributed by atoms with Crippen LogP contribution in [0.1, 0.15) is 16.1 Å². The minimum atomic E-state index is -3.99. The number of nitrogens with two attached hydrogens (primary N) is 1. The molecule has 0 atom stereocenters. The van der Waals surface area contributed by atoms with Gasteiger partial charge in [0.1, 0.15) is 5.82 Å². The molecule has 0 bridgehead atoms. The largest absolute Gasteiger partial charge is 0.319 e. The van der Waals surface area contributed by atoms with E-state index in [4.69, 9.17) is 5.14 Å². The van der Waals surface area contributed by atoms with Gasteiger partial charge in [-0.05, 0) is 25.1 Å². The van der Waals surface area contributed by atoms with E-state index in [1.807, 2.05) is 0 Å². The molecule has 1 heterocycles. The first-order valence-electron chi connectivity index (χ1n) is 5.42. The fraction of sp³-hybridized carbons (Fsp3) is 0.0909. The molecule has 0 saturated heterocycles. The normalized spacial score (nSPS) is 11.3. The number of amides is 1. The fourth-order valence-electron chi connectivity index (χ4n) is 1.54. The molecule has 1 aromatic carbocycles. The van der Waals surface area contributed by atoms with Crippen LogP contribution in [0.4, 0.5) is 10.1 Å². The highest BCUT2D eigenvalue weighted by Crippen LogP contribution is 2.19. The Bertz CT molecular complexity index is 770. The summed E-state index contributed by atoms with van der Waals surface area (Å²) in [5.74, 6) is -1.45. The molecule has 1 aromatic heterocycles. The van der Waals surface area contributed by atoms with Crippen molar-refractivity contribution in [3.63, 3.8) is 0 Å². The highest BCUT2D eigenvalue weighted by Gasteiger charge is 2.15. The van der Waals surface area contributed by atoms with E-state index in [2.05, 4.69) is 15.5 Å². The number of aromatic amines is 1. The number of nitrogens with zero attached hydrogens (tertiary/aromatic N) is 1. The molecule has 2 aromatic rings. The van der Waals surface area contributed by atoms with E-state index in [1.165, 1.54) is 6.20 Å². The van der Waals surface area contributed by atoms with E-state index in [-0.39, 0.29) is 16.1 Å². The number of halogens is 1. The van der Waals surface area contributed by atoms with Crippen LogP contribution in [-0.4, -0.2) is 24.5 Å². The van der Waals surface area contributed by atoms with Crippen LogP contribution < -0.4 is 10.5 Å². The van der Waals surface area contributed by atoms with Crippen LogP contribution in [-0.2, 0) is 10.0 Å². The van der Waals surface area contributed by atoms with Crippen molar-refractivity contribution in [1.82, 2.24) is 10.2 Å². The maximum absolute atomic E-state index is 13.7. The van der Waals surface area contributed by atoms with Crippen LogP contribution in [0.5, 0.6) is 0 Å². The van der Waals surface area contributed by atoms with Gasteiger partial charge in [-0.15, -0.1) is 0 Å². The van der Waals surface area contributed by atoms with Gasteiger partial charge in [0, 0.05) is 5.69 Å². The van der Waals surface area contributed by atoms with Crippen molar-refractivity contribution in [3.8, 4) is 0 Å². The molecule has 7 nitrogen and oxygen atoms in total. The fourth-order valence-corrected chi connectivity index (χ4v) is 2.07. The third-order valence-corrected chi connectivity index (χ3v) is 3.50. The third kappa shape index (κ3) is 2.83. The second-order valence-electron chi connectivity index (χ2n) is 4.05. The minimum absolute atomic E-state index is 0.150. The van der Waals surface area contributed by atoms with Crippen LogP contribution in [0.15, 0.2) is 29.3 Å². The number of benzene rings is 1. The van der Waals surface area contributed by atoms with E-state index in [0.29, 0.717) is 5.69 Å². The Labute approximate surface area is 114 Å². The topological polar surface area (TPSA) is 118 Å². The molecule has 1 amide bonds. The van der Waals surface area contributed by atoms with Gasteiger partial charge >= 0.3 is 0 Å². The van der Waals surface area contributed by atoms with Crippen molar-refractivity contribution < 1.29 is 17.6 Å². The van der Waals surface area contributed by atoms with Gasteiger partial charge in [-0.2, -0.15) is 5.10 Å². The first-order valence-corrected chi connectivity index (χ1v) is 6.97. The number of H-pyrrole nitrogens is 1. The molecule has 2 rings (SSSR count). The number of hydrogen-bond acceptors (Lipinski definition) is 4. The average Bonchev–Trinajstić information content (AvgIpc) is 2.76. The number of carbonyl (C=O) groups excluding carboxylic acids is 1. The van der Waals surface area contributed by atoms with Gasteiger partial charge in [0.25, 0.3) is 5.91 Å². The standard InChI is InChI=1S/C11H11FN4O3S/c1-6-8(5-14-16-6)11(17)15-10-3-2-7(4-9(10)12)20(13,18)19/h2-5H,1H3,(H,14,16)(H,15,17)(H2,13,18,19). The number of aryl methyl sites for hydroxylation is 1. The summed E-state index contributed by atoms with van der Waals surface area (Å²) in [5, 5.41) is 13.5. The van der Waals surface area contributed by atoms with E-state index >= 15 is 0 Å². The van der Waals surface area contributed by atoms with Crippen LogP contribution in [0.3, 0.4) is 0 Å². The van der Waals surface area contributed by atoms with Gasteiger partial charge in [-0.1, -0.05) is 0 Å². The van der Waals surface area contributed by atoms with Crippen molar-refractivity contribution in [2.75, 3.05) is 5.32 Å². The van der Waals surface area contributed by atoms with Gasteiger partial charge in [0.15, 0.2) is 0 Å². The Balaban J connectivity index is 2.27. The molecule has 0 unspecified atom stereocenters. The molecule has 0 aliphatic carbocycles. The lowest BCUT2D eigenvalue weighted by Crippen LogP contribution is -2.15. The number of aromatic nitrogens is 2. The molecule has 106 valence electrons. The second-order valence-corrected chi connectivity index (χ2v) is 5.61. The Morgan fingerprint density at radius 3 is 2.65 bits per heavy atom. The van der Waals surface area contributed by atoms with Crippen LogP contribution >= 0.6 is 0 Å². The molecule has 0 aliphatic rings. The Hall–Kier alpha value is -2.26. The summed E-state index contributed by atoms with van der Waals surface area (Å²) < 4.78 is 35.8. The Kier molecular flexibility index (Phi) is 3.55. The average molecular weight is 298 g/mol. The highest BCUT2D eigenvalue weighted by molar-refractivity contribution is 7.89. The number of rotatable bonds is 3. The molecule has 4 N–H and O–H groups in total. The van der Waals surface area contributed by atoms with Crippen molar-refractivity contribution in [1.29, 1.82) is 0 Å². The summed E-state index contributed by atoms with van der Waals surface area (Å²) in [6.07, 6.45) is 1.31. The SMILES string of the molecule is Cc1[nH]ncc1C(=O)Nc1ccc(S(N)(=O)=O)cc1F. The summed E-state index contributed by atoms with van der Waals surface area (Å²) in [6, 6.07) is 2.98. The molecular formula is C11H11FN4O3S. The van der Waals surface area contributed by atoms with Gasteiger partial charge in [-0.25, -0.2) is 17.9 Å². The van der Waals surface area contributed by atoms with E-state index in [1.54, 1.807) is 6.92 Å². The summed E-state index contributed by atoms with van der Waals surface area (Å²) in [7, 11) is -3.99. The van der Waals surface area contributed by atoms with Gasteiger partial charge < -0.3 is 5.32 Å². The highest BCUT2D eigenvalue weighted by atomic mass is 32.2. The van der Waals surface area contributed by atoms with Crippen molar-refractivity contribution in [3.05, 3.63) is 41.5 Å². The molecule has 0 aliphatic heterocycles. The maximum Gasteiger partial charge on any atom is 0.259 e. The number of nitrogens with one attached hydrogen (secondary N) is 2. The Morgan fingerprint density at radius 2 is 2.15 bits per heavy atom. The quantitative estimate of drug-likeness (QED) is 0.775. The number of carbonyl (C=O) groups is 1. The van der Waals surface area contributed by atoms with Gasteiger partial charge in [-0.3, -0.25) is 9.89 Å². The lowest BCUT2D eigenvalue weighted by molar-refractivity contribution is 0.102. The van der Waals surface area contributed by atoms with Crippen LogP contribution in [0, 0.1) is 12.7 Å². The first kappa shape index (κ1) is 14.2. The monoisotopic (exact) mass is 298 g/mol. The van der Waals surface area contributed by atoms with E-state index in [0.717, 1.165) is 18.2 Å². The maximum atomic E-state index is 13.7. The molecule has 0 radical (unpaired) electrons. The third-order valence-electron chi connectivity index (χ3n) is 2.59. The van der Waals surface area contributed by atoms with Gasteiger partial charge in [0.2, 0.25) is 10.0 Å². The smallest absolute Gasteiger partial charge is 0.259 e. The first-order chi connectivity index (χ1) is 9.29. The van der Waals surface area contributed by atoms with Crippen molar-refractivity contribution in [2.24, 2.45) is 5.14 Å². The van der Waals surface area contributed by atoms with E-state index in [9.17, 15) is 17.6 Å². The zero-order valence-corrected chi connectivity index (χ0v) is 11.2. The second kappa shape index (κ2) is 5.02. The molecule has 9 heteroatoms. The number of sulfonamides is 1. The lowest BCUT2D eigenvalue weighted by atomic mass is 10.2. The van der Waals surface area contributed by atoms with E-state index < -0.39 is 21.7 Å². The molecule has 0 saturated carbocycles. The summed E-state index contributed by atoms with van der Waals surface area (Å²) in [5.41, 5.74) is 0.645. The predicted octanol–water partition coefficient (Wildman–Crippen LogP) is 0.757. The zero-order chi connectivity index (χ0) is 14.9. The summed E-state index contributed by atoms with van der Waals surface area (Å²) in [4.78, 5) is 11.5. The summed E-state index contributed by atoms with van der Waals surface area (Å²) >= 11 is 0. The molecular weight excluding hydrogens is 287 g/mol. The van der Waals surface area contributed by atoms with Crippen LogP contribution in [0.25, 0.3) is 0 Å². The van der Waals surface area contributed by atoms with Gasteiger partial charge in [0.05, 0.1) is 22.3 Å². The number of anilines is 1. The van der Waals surface area contributed by atoms with Crippen LogP contribution in [0.2, 0.25) is 0 Å².